The fraction of sp³-hybridized carbons (Fsp3) is 0.211. The highest BCUT2D eigenvalue weighted by Gasteiger charge is 2.11. The maximum atomic E-state index is 12.0. The predicted molar refractivity (Wildman–Crippen MR) is 103 cm³/mol. The Bertz CT molecular complexity index is 783. The molecule has 0 aromatic heterocycles. The van der Waals surface area contributed by atoms with Crippen molar-refractivity contribution in [2.45, 2.75) is 11.3 Å². The first-order chi connectivity index (χ1) is 13.0. The second-order valence-electron chi connectivity index (χ2n) is 5.37. The van der Waals surface area contributed by atoms with Gasteiger partial charge >= 0.3 is 5.97 Å². The number of benzene rings is 2. The summed E-state index contributed by atoms with van der Waals surface area (Å²) >= 11 is 1.22. The molecule has 27 heavy (non-hydrogen) atoms. The minimum atomic E-state index is -0.530. The van der Waals surface area contributed by atoms with Crippen LogP contribution in [-0.4, -0.2) is 36.8 Å². The van der Waals surface area contributed by atoms with E-state index in [0.29, 0.717) is 16.3 Å². The first-order valence-electron chi connectivity index (χ1n) is 8.18. The highest BCUT2D eigenvalue weighted by Crippen LogP contribution is 2.26. The third-order valence-electron chi connectivity index (χ3n) is 3.21. The SMILES string of the molecule is NC(=O)CSc1ccccc1NC(=O)COC(=O)CCOc1ccccc1. The van der Waals surface area contributed by atoms with Crippen molar-refractivity contribution in [1.29, 1.82) is 0 Å². The van der Waals surface area contributed by atoms with Crippen molar-refractivity contribution in [3.05, 3.63) is 54.6 Å². The number of hydrogen-bond acceptors (Lipinski definition) is 6. The number of esters is 1. The average Bonchev–Trinajstić information content (AvgIpc) is 2.66. The lowest BCUT2D eigenvalue weighted by atomic mass is 10.3. The number of ether oxygens (including phenoxy) is 2. The Hall–Kier alpha value is -3.00. The van der Waals surface area contributed by atoms with Gasteiger partial charge in [-0.2, -0.15) is 0 Å². The highest BCUT2D eigenvalue weighted by molar-refractivity contribution is 8.00. The van der Waals surface area contributed by atoms with Crippen molar-refractivity contribution in [1.82, 2.24) is 0 Å². The Morgan fingerprint density at radius 1 is 1.00 bits per heavy atom. The van der Waals surface area contributed by atoms with Crippen LogP contribution in [0.2, 0.25) is 0 Å². The van der Waals surface area contributed by atoms with E-state index in [4.69, 9.17) is 15.2 Å². The lowest BCUT2D eigenvalue weighted by molar-refractivity contribution is -0.147. The van der Waals surface area contributed by atoms with Crippen LogP contribution in [0.3, 0.4) is 0 Å². The molecule has 2 aromatic rings. The van der Waals surface area contributed by atoms with Gasteiger partial charge in [0, 0.05) is 4.90 Å². The largest absolute Gasteiger partial charge is 0.493 e. The van der Waals surface area contributed by atoms with Crippen molar-refractivity contribution < 1.29 is 23.9 Å². The molecule has 0 heterocycles. The minimum Gasteiger partial charge on any atom is -0.493 e. The molecule has 2 rings (SSSR count). The summed E-state index contributed by atoms with van der Waals surface area (Å²) in [6.07, 6.45) is 0.0349. The summed E-state index contributed by atoms with van der Waals surface area (Å²) in [6, 6.07) is 16.1. The molecule has 3 N–H and O–H groups in total. The van der Waals surface area contributed by atoms with E-state index in [1.54, 1.807) is 36.4 Å². The van der Waals surface area contributed by atoms with Crippen LogP contribution in [0.4, 0.5) is 5.69 Å². The Balaban J connectivity index is 1.72. The summed E-state index contributed by atoms with van der Waals surface area (Å²) in [5.41, 5.74) is 5.66. The van der Waals surface area contributed by atoms with Crippen molar-refractivity contribution in [2.75, 3.05) is 24.3 Å². The molecule has 0 fully saturated rings. The Kier molecular flexibility index (Phi) is 8.18. The van der Waals surface area contributed by atoms with Crippen LogP contribution < -0.4 is 15.8 Å². The van der Waals surface area contributed by atoms with Crippen LogP contribution in [0, 0.1) is 0 Å². The van der Waals surface area contributed by atoms with Gasteiger partial charge in [-0.1, -0.05) is 30.3 Å². The number of carbonyl (C=O) groups excluding carboxylic acids is 3. The summed E-state index contributed by atoms with van der Waals surface area (Å²) in [5, 5.41) is 2.65. The fourth-order valence-corrected chi connectivity index (χ4v) is 2.77. The van der Waals surface area contributed by atoms with Gasteiger partial charge < -0.3 is 20.5 Å². The molecule has 0 saturated carbocycles. The summed E-state index contributed by atoms with van der Waals surface area (Å²) in [5.74, 6) is -0.693. The van der Waals surface area contributed by atoms with Gasteiger partial charge in [0.2, 0.25) is 5.91 Å². The van der Waals surface area contributed by atoms with E-state index in [0.717, 1.165) is 0 Å². The molecular weight excluding hydrogens is 368 g/mol. The van der Waals surface area contributed by atoms with E-state index in [9.17, 15) is 14.4 Å². The Labute approximate surface area is 161 Å². The molecule has 0 atom stereocenters. The molecule has 142 valence electrons. The summed E-state index contributed by atoms with van der Waals surface area (Å²) in [4.78, 5) is 35.3. The fourth-order valence-electron chi connectivity index (χ4n) is 2.02. The van der Waals surface area contributed by atoms with Gasteiger partial charge in [0.1, 0.15) is 5.75 Å². The van der Waals surface area contributed by atoms with Gasteiger partial charge in [0.05, 0.1) is 24.5 Å². The molecule has 0 aliphatic heterocycles. The molecule has 0 spiro atoms. The zero-order valence-electron chi connectivity index (χ0n) is 14.6. The number of thioether (sulfide) groups is 1. The van der Waals surface area contributed by atoms with Crippen molar-refractivity contribution >= 4 is 35.2 Å². The van der Waals surface area contributed by atoms with E-state index in [2.05, 4.69) is 5.32 Å². The quantitative estimate of drug-likeness (QED) is 0.477. The molecule has 2 amide bonds. The number of para-hydroxylation sites is 2. The first kappa shape index (κ1) is 20.3. The normalized spacial score (nSPS) is 10.1. The standard InChI is InChI=1S/C19H20N2O5S/c20-17(22)13-27-16-9-5-4-8-15(16)21-18(23)12-26-19(24)10-11-25-14-6-2-1-3-7-14/h1-9H,10-13H2,(H2,20,22)(H,21,23). The Morgan fingerprint density at radius 2 is 1.70 bits per heavy atom. The number of anilines is 1. The molecule has 0 radical (unpaired) electrons. The van der Waals surface area contributed by atoms with Crippen molar-refractivity contribution in [2.24, 2.45) is 5.73 Å². The molecule has 0 unspecified atom stereocenters. The zero-order chi connectivity index (χ0) is 19.5. The monoisotopic (exact) mass is 388 g/mol. The first-order valence-corrected chi connectivity index (χ1v) is 9.16. The number of amides is 2. The zero-order valence-corrected chi connectivity index (χ0v) is 15.4. The average molecular weight is 388 g/mol. The molecule has 2 aromatic carbocycles. The Morgan fingerprint density at radius 3 is 2.44 bits per heavy atom. The summed E-state index contributed by atoms with van der Waals surface area (Å²) in [6.45, 7) is -0.240. The number of nitrogens with two attached hydrogens (primary N) is 1. The molecule has 0 saturated heterocycles. The van der Waals surface area contributed by atoms with Gasteiger partial charge in [0.25, 0.3) is 5.91 Å². The van der Waals surface area contributed by atoms with Gasteiger partial charge in [0.15, 0.2) is 6.61 Å². The second-order valence-corrected chi connectivity index (χ2v) is 6.39. The topological polar surface area (TPSA) is 108 Å². The van der Waals surface area contributed by atoms with Gasteiger partial charge in [-0.3, -0.25) is 14.4 Å². The number of carbonyl (C=O) groups is 3. The third kappa shape index (κ3) is 7.83. The summed E-state index contributed by atoms with van der Waals surface area (Å²) in [7, 11) is 0. The number of nitrogens with one attached hydrogen (secondary N) is 1. The third-order valence-corrected chi connectivity index (χ3v) is 4.31. The predicted octanol–water partition coefficient (Wildman–Crippen LogP) is 2.21. The molecule has 7 nitrogen and oxygen atoms in total. The minimum absolute atomic E-state index is 0.0349. The van der Waals surface area contributed by atoms with E-state index in [1.807, 2.05) is 18.2 Å². The molecular formula is C19H20N2O5S. The lowest BCUT2D eigenvalue weighted by Crippen LogP contribution is -2.22. The molecule has 0 bridgehead atoms. The molecule has 0 aliphatic rings. The van der Waals surface area contributed by atoms with Crippen LogP contribution >= 0.6 is 11.8 Å². The number of rotatable bonds is 10. The smallest absolute Gasteiger partial charge is 0.309 e. The van der Waals surface area contributed by atoms with Gasteiger partial charge in [-0.25, -0.2) is 0 Å². The molecule has 8 heteroatoms. The van der Waals surface area contributed by atoms with Crippen molar-refractivity contribution in [3.8, 4) is 5.75 Å². The number of primary amides is 1. The summed E-state index contributed by atoms with van der Waals surface area (Å²) < 4.78 is 10.3. The molecule has 0 aliphatic carbocycles. The van der Waals surface area contributed by atoms with E-state index in [1.165, 1.54) is 11.8 Å². The van der Waals surface area contributed by atoms with Crippen LogP contribution in [0.25, 0.3) is 0 Å². The van der Waals surface area contributed by atoms with Crippen LogP contribution in [0.5, 0.6) is 5.75 Å². The second kappa shape index (κ2) is 10.9. The van der Waals surface area contributed by atoms with E-state index < -0.39 is 24.4 Å². The van der Waals surface area contributed by atoms with Crippen molar-refractivity contribution in [3.63, 3.8) is 0 Å². The lowest BCUT2D eigenvalue weighted by Gasteiger charge is -2.10. The van der Waals surface area contributed by atoms with Gasteiger partial charge in [-0.15, -0.1) is 11.8 Å². The van der Waals surface area contributed by atoms with E-state index >= 15 is 0 Å². The van der Waals surface area contributed by atoms with Crippen LogP contribution in [0.1, 0.15) is 6.42 Å². The van der Waals surface area contributed by atoms with Crippen LogP contribution in [0.15, 0.2) is 59.5 Å². The van der Waals surface area contributed by atoms with Crippen LogP contribution in [-0.2, 0) is 19.1 Å². The maximum Gasteiger partial charge on any atom is 0.309 e. The van der Waals surface area contributed by atoms with E-state index in [-0.39, 0.29) is 18.8 Å². The highest BCUT2D eigenvalue weighted by atomic mass is 32.2. The number of hydrogen-bond donors (Lipinski definition) is 2. The maximum absolute atomic E-state index is 12.0. The van der Waals surface area contributed by atoms with Gasteiger partial charge in [-0.05, 0) is 24.3 Å².